The van der Waals surface area contributed by atoms with E-state index in [1.54, 1.807) is 6.07 Å². The van der Waals surface area contributed by atoms with Gasteiger partial charge >= 0.3 is 0 Å². The zero-order chi connectivity index (χ0) is 10.7. The molecule has 74 valence electrons. The molecule has 0 spiro atoms. The Hall–Kier alpha value is -1.09. The fraction of sp³-hybridized carbons (Fsp3) is 0.250. The molecule has 0 unspecified atom stereocenters. The van der Waals surface area contributed by atoms with Gasteiger partial charge in [-0.1, -0.05) is 0 Å². The monoisotopic (exact) mass is 264 g/mol. The third kappa shape index (κ3) is 2.04. The van der Waals surface area contributed by atoms with Crippen molar-refractivity contribution < 1.29 is 13.2 Å². The lowest BCUT2D eigenvalue weighted by Crippen LogP contribution is -2.01. The summed E-state index contributed by atoms with van der Waals surface area (Å²) in [5.41, 5.74) is -0.851. The number of nitriles is 1. The Bertz CT molecular complexity index is 387. The Balaban J connectivity index is 3.35. The van der Waals surface area contributed by atoms with Gasteiger partial charge in [-0.2, -0.15) is 5.26 Å². The average molecular weight is 265 g/mol. The number of rotatable bonds is 2. The first-order valence-electron chi connectivity index (χ1n) is 3.55. The molecule has 0 aliphatic heterocycles. The van der Waals surface area contributed by atoms with Gasteiger partial charge in [0.2, 0.25) is 0 Å². The highest BCUT2D eigenvalue weighted by molar-refractivity contribution is 9.10. The van der Waals surface area contributed by atoms with Crippen LogP contribution in [0.25, 0.3) is 0 Å². The summed E-state index contributed by atoms with van der Waals surface area (Å²) >= 11 is 2.89. The lowest BCUT2D eigenvalue weighted by molar-refractivity contribution is 0.145. The van der Waals surface area contributed by atoms with Gasteiger partial charge in [-0.3, -0.25) is 0 Å². The highest BCUT2D eigenvalue weighted by atomic mass is 79.9. The Kier molecular flexibility index (Phi) is 3.47. The van der Waals surface area contributed by atoms with E-state index in [1.165, 1.54) is 0 Å². The van der Waals surface area contributed by atoms with Gasteiger partial charge in [-0.15, -0.1) is 0 Å². The molecule has 0 aliphatic carbocycles. The van der Waals surface area contributed by atoms with Crippen molar-refractivity contribution in [2.45, 2.75) is 12.8 Å². The summed E-state index contributed by atoms with van der Waals surface area (Å²) in [7, 11) is 0. The van der Waals surface area contributed by atoms with Crippen LogP contribution in [-0.4, -0.2) is 4.98 Å². The molecule has 0 aromatic carbocycles. The summed E-state index contributed by atoms with van der Waals surface area (Å²) in [6.07, 6.45) is -2.55. The molecule has 14 heavy (non-hydrogen) atoms. The molecule has 0 amide bonds. The molecule has 0 radical (unpaired) electrons. The molecular weight excluding hydrogens is 261 g/mol. The maximum absolute atomic E-state index is 12.9. The van der Waals surface area contributed by atoms with Crippen LogP contribution in [0.1, 0.15) is 17.6 Å². The molecule has 0 saturated heterocycles. The topological polar surface area (TPSA) is 36.7 Å². The minimum Gasteiger partial charge on any atom is -0.246 e. The molecule has 6 heteroatoms. The molecule has 0 saturated carbocycles. The van der Waals surface area contributed by atoms with Gasteiger partial charge < -0.3 is 0 Å². The molecular formula is C8H4BrF3N2. The largest absolute Gasteiger partial charge is 0.267 e. The van der Waals surface area contributed by atoms with Crippen molar-refractivity contribution >= 4 is 15.9 Å². The van der Waals surface area contributed by atoms with E-state index in [4.69, 9.17) is 5.26 Å². The molecule has 0 fully saturated rings. The first-order valence-corrected chi connectivity index (χ1v) is 4.35. The number of hydrogen-bond acceptors (Lipinski definition) is 2. The third-order valence-corrected chi connectivity index (χ3v) is 2.28. The first kappa shape index (κ1) is 11.0. The van der Waals surface area contributed by atoms with Crippen LogP contribution < -0.4 is 0 Å². The maximum Gasteiger partial charge on any atom is 0.267 e. The van der Waals surface area contributed by atoms with Gasteiger partial charge in [-0.05, 0) is 15.9 Å². The summed E-state index contributed by atoms with van der Waals surface area (Å²) in [6, 6.07) is 1.68. The summed E-state index contributed by atoms with van der Waals surface area (Å²) < 4.78 is 37.8. The summed E-state index contributed by atoms with van der Waals surface area (Å²) in [5, 5.41) is 8.38. The minimum atomic E-state index is -2.95. The van der Waals surface area contributed by atoms with Crippen molar-refractivity contribution in [3.63, 3.8) is 0 Å². The summed E-state index contributed by atoms with van der Waals surface area (Å²) in [5.74, 6) is -1.09. The SMILES string of the molecule is N#CCc1c(Br)ncc(F)c1C(F)F. The highest BCUT2D eigenvalue weighted by Gasteiger charge is 2.21. The van der Waals surface area contributed by atoms with Crippen molar-refractivity contribution in [1.29, 1.82) is 5.26 Å². The van der Waals surface area contributed by atoms with Gasteiger partial charge in [0.05, 0.1) is 24.3 Å². The van der Waals surface area contributed by atoms with Crippen LogP contribution in [0, 0.1) is 17.1 Å². The maximum atomic E-state index is 12.9. The molecule has 0 aliphatic rings. The number of hydrogen-bond donors (Lipinski definition) is 0. The molecule has 1 rings (SSSR count). The Morgan fingerprint density at radius 3 is 2.71 bits per heavy atom. The van der Waals surface area contributed by atoms with Crippen molar-refractivity contribution in [3.8, 4) is 6.07 Å². The highest BCUT2D eigenvalue weighted by Crippen LogP contribution is 2.29. The normalized spacial score (nSPS) is 10.3. The first-order chi connectivity index (χ1) is 6.57. The van der Waals surface area contributed by atoms with Gasteiger partial charge in [0.1, 0.15) is 4.60 Å². The molecule has 0 atom stereocenters. The molecule has 1 aromatic rings. The van der Waals surface area contributed by atoms with E-state index < -0.39 is 17.8 Å². The average Bonchev–Trinajstić information content (AvgIpc) is 2.11. The third-order valence-electron chi connectivity index (χ3n) is 1.60. The van der Waals surface area contributed by atoms with Crippen LogP contribution in [0.3, 0.4) is 0 Å². The summed E-state index contributed by atoms with van der Waals surface area (Å²) in [6.45, 7) is 0. The number of halogens is 4. The van der Waals surface area contributed by atoms with Crippen molar-refractivity contribution in [2.24, 2.45) is 0 Å². The van der Waals surface area contributed by atoms with Gasteiger partial charge in [0, 0.05) is 5.56 Å². The Morgan fingerprint density at radius 1 is 1.57 bits per heavy atom. The van der Waals surface area contributed by atoms with Crippen molar-refractivity contribution in [3.05, 3.63) is 27.7 Å². The minimum absolute atomic E-state index is 0.0794. The molecule has 2 nitrogen and oxygen atoms in total. The van der Waals surface area contributed by atoms with Gasteiger partial charge in [-0.25, -0.2) is 18.2 Å². The van der Waals surface area contributed by atoms with E-state index in [9.17, 15) is 13.2 Å². The van der Waals surface area contributed by atoms with Crippen molar-refractivity contribution in [2.75, 3.05) is 0 Å². The Morgan fingerprint density at radius 2 is 2.21 bits per heavy atom. The number of nitrogens with zero attached hydrogens (tertiary/aromatic N) is 2. The number of alkyl halides is 2. The van der Waals surface area contributed by atoms with Crippen molar-refractivity contribution in [1.82, 2.24) is 4.98 Å². The van der Waals surface area contributed by atoms with Crippen LogP contribution in [0.5, 0.6) is 0 Å². The van der Waals surface area contributed by atoms with Crippen LogP contribution in [0.2, 0.25) is 0 Å². The Labute approximate surface area is 86.5 Å². The van der Waals surface area contributed by atoms with E-state index in [-0.39, 0.29) is 16.6 Å². The standard InChI is InChI=1S/C8H4BrF3N2/c9-7-4(1-2-13)6(8(11)12)5(10)3-14-7/h3,8H,1H2. The number of pyridine rings is 1. The van der Waals surface area contributed by atoms with Crippen LogP contribution >= 0.6 is 15.9 Å². The van der Waals surface area contributed by atoms with E-state index in [0.29, 0.717) is 6.20 Å². The molecule has 0 bridgehead atoms. The second-order valence-corrected chi connectivity index (χ2v) is 3.18. The summed E-state index contributed by atoms with van der Waals surface area (Å²) in [4.78, 5) is 3.50. The van der Waals surface area contributed by atoms with E-state index in [0.717, 1.165) is 0 Å². The van der Waals surface area contributed by atoms with Crippen LogP contribution in [0.4, 0.5) is 13.2 Å². The predicted octanol–water partition coefficient (Wildman–Crippen LogP) is 2.99. The molecule has 1 heterocycles. The fourth-order valence-electron chi connectivity index (χ4n) is 0.999. The lowest BCUT2D eigenvalue weighted by Gasteiger charge is -2.07. The predicted molar refractivity (Wildman–Crippen MR) is 46.2 cm³/mol. The smallest absolute Gasteiger partial charge is 0.246 e. The number of aromatic nitrogens is 1. The van der Waals surface area contributed by atoms with E-state index >= 15 is 0 Å². The van der Waals surface area contributed by atoms with Crippen LogP contribution in [0.15, 0.2) is 10.8 Å². The van der Waals surface area contributed by atoms with Gasteiger partial charge in [0.15, 0.2) is 5.82 Å². The zero-order valence-electron chi connectivity index (χ0n) is 6.77. The van der Waals surface area contributed by atoms with Crippen LogP contribution in [-0.2, 0) is 6.42 Å². The second-order valence-electron chi connectivity index (χ2n) is 2.42. The van der Waals surface area contributed by atoms with E-state index in [2.05, 4.69) is 20.9 Å². The fourth-order valence-corrected chi connectivity index (χ4v) is 1.46. The molecule has 0 N–H and O–H groups in total. The van der Waals surface area contributed by atoms with Gasteiger partial charge in [0.25, 0.3) is 6.43 Å². The molecule has 1 aromatic heterocycles. The zero-order valence-corrected chi connectivity index (χ0v) is 8.35. The van der Waals surface area contributed by atoms with E-state index in [1.807, 2.05) is 0 Å². The quantitative estimate of drug-likeness (QED) is 0.771. The second kappa shape index (κ2) is 4.42. The lowest BCUT2D eigenvalue weighted by atomic mass is 10.1.